The summed E-state index contributed by atoms with van der Waals surface area (Å²) >= 11 is 0. The molecule has 0 aliphatic carbocycles. The van der Waals surface area contributed by atoms with Crippen LogP contribution in [-0.2, 0) is 18.1 Å². The number of hydrogen-bond acceptors (Lipinski definition) is 4. The first-order valence-electron chi connectivity index (χ1n) is 4.83. The summed E-state index contributed by atoms with van der Waals surface area (Å²) in [7, 11) is -3.28. The van der Waals surface area contributed by atoms with E-state index in [-0.39, 0.29) is 17.6 Å². The molecule has 0 aromatic carbocycles. The summed E-state index contributed by atoms with van der Waals surface area (Å²) in [6, 6.07) is 0. The molecule has 0 aromatic rings. The van der Waals surface area contributed by atoms with Crippen molar-refractivity contribution in [1.29, 1.82) is 0 Å². The quantitative estimate of drug-likeness (QED) is 0.674. The average molecular weight is 222 g/mol. The topological polar surface area (TPSA) is 44.8 Å². The van der Waals surface area contributed by atoms with E-state index in [0.29, 0.717) is 6.61 Å². The van der Waals surface area contributed by atoms with Gasteiger partial charge in [0, 0.05) is 0 Å². The van der Waals surface area contributed by atoms with Crippen LogP contribution in [0.15, 0.2) is 0 Å². The minimum atomic E-state index is -3.28. The van der Waals surface area contributed by atoms with Gasteiger partial charge in [-0.1, -0.05) is 20.8 Å². The summed E-state index contributed by atoms with van der Waals surface area (Å²) in [4.78, 5) is 0. The summed E-state index contributed by atoms with van der Waals surface area (Å²) in [5.74, 6) is 0. The van der Waals surface area contributed by atoms with Gasteiger partial charge in [0.2, 0.25) is 0 Å². The summed E-state index contributed by atoms with van der Waals surface area (Å²) in [5, 5.41) is 0. The molecule has 0 amide bonds. The van der Waals surface area contributed by atoms with Crippen LogP contribution in [0.25, 0.3) is 0 Å². The summed E-state index contributed by atoms with van der Waals surface area (Å²) in [5.41, 5.74) is -0.0425. The third kappa shape index (κ3) is 3.35. The second-order valence-corrected chi connectivity index (χ2v) is 6.48. The highest BCUT2D eigenvalue weighted by molar-refractivity contribution is 7.48. The third-order valence-corrected chi connectivity index (χ3v) is 3.53. The average Bonchev–Trinajstić information content (AvgIpc) is 2.23. The van der Waals surface area contributed by atoms with E-state index in [1.54, 1.807) is 0 Å². The third-order valence-electron chi connectivity index (χ3n) is 1.91. The first kappa shape index (κ1) is 12.2. The lowest BCUT2D eigenvalue weighted by Gasteiger charge is -2.19. The number of hydrogen-bond donors (Lipinski definition) is 0. The molecule has 2 atom stereocenters. The Bertz CT molecular complexity index is 232. The fourth-order valence-corrected chi connectivity index (χ4v) is 2.81. The van der Waals surface area contributed by atoms with Crippen LogP contribution in [0.5, 0.6) is 0 Å². The Labute approximate surface area is 85.5 Å². The number of phosphoric ester groups is 1. The van der Waals surface area contributed by atoms with Gasteiger partial charge in [-0.05, 0) is 19.3 Å². The molecule has 4 nitrogen and oxygen atoms in total. The molecule has 1 aliphatic rings. The summed E-state index contributed by atoms with van der Waals surface area (Å²) < 4.78 is 27.4. The zero-order valence-corrected chi connectivity index (χ0v) is 10.3. The van der Waals surface area contributed by atoms with Crippen LogP contribution in [0.3, 0.4) is 0 Å². The van der Waals surface area contributed by atoms with Crippen molar-refractivity contribution in [2.45, 2.75) is 46.8 Å². The van der Waals surface area contributed by atoms with Crippen molar-refractivity contribution < 1.29 is 18.1 Å². The first-order valence-corrected chi connectivity index (χ1v) is 6.29. The maximum Gasteiger partial charge on any atom is 0.475 e. The Morgan fingerprint density at radius 2 is 1.64 bits per heavy atom. The normalized spacial score (nSPS) is 38.9. The zero-order valence-electron chi connectivity index (χ0n) is 9.44. The Morgan fingerprint density at radius 3 is 2.00 bits per heavy atom. The van der Waals surface area contributed by atoms with Gasteiger partial charge < -0.3 is 0 Å². The Morgan fingerprint density at radius 1 is 1.21 bits per heavy atom. The lowest BCUT2D eigenvalue weighted by atomic mass is 9.99. The maximum absolute atomic E-state index is 11.8. The number of rotatable bonds is 2. The highest BCUT2D eigenvalue weighted by Gasteiger charge is 2.42. The molecule has 0 N–H and O–H groups in total. The van der Waals surface area contributed by atoms with Crippen molar-refractivity contribution in [3.63, 3.8) is 0 Å². The molecule has 1 fully saturated rings. The van der Waals surface area contributed by atoms with Gasteiger partial charge in [0.1, 0.15) is 0 Å². The van der Waals surface area contributed by atoms with E-state index in [2.05, 4.69) is 0 Å². The largest absolute Gasteiger partial charge is 0.475 e. The van der Waals surface area contributed by atoms with Gasteiger partial charge in [0.05, 0.1) is 18.8 Å². The van der Waals surface area contributed by atoms with Crippen LogP contribution in [0.1, 0.15) is 34.6 Å². The van der Waals surface area contributed by atoms with Gasteiger partial charge in [0.25, 0.3) is 0 Å². The fourth-order valence-electron chi connectivity index (χ4n) is 0.937. The SMILES string of the molecule is CC1OP(=O)(OCC(C)(C)C)OC1C. The zero-order chi connectivity index (χ0) is 11.0. The predicted molar refractivity (Wildman–Crippen MR) is 54.1 cm³/mol. The van der Waals surface area contributed by atoms with Gasteiger partial charge in [-0.2, -0.15) is 0 Å². The fraction of sp³-hybridized carbons (Fsp3) is 1.00. The molecule has 1 aliphatic heterocycles. The standard InChI is InChI=1S/C9H19O4P/c1-7-8(2)13-14(10,12-7)11-6-9(3,4)5/h7-8H,6H2,1-5H3. The van der Waals surface area contributed by atoms with Gasteiger partial charge in [-0.15, -0.1) is 0 Å². The second-order valence-electron chi connectivity index (χ2n) is 4.90. The molecule has 0 saturated carbocycles. The molecule has 2 unspecified atom stereocenters. The van der Waals surface area contributed by atoms with Crippen molar-refractivity contribution in [1.82, 2.24) is 0 Å². The second kappa shape index (κ2) is 3.93. The molecule has 5 heteroatoms. The van der Waals surface area contributed by atoms with E-state index in [1.807, 2.05) is 34.6 Å². The van der Waals surface area contributed by atoms with E-state index in [4.69, 9.17) is 13.6 Å². The van der Waals surface area contributed by atoms with Gasteiger partial charge in [-0.3, -0.25) is 13.6 Å². The van der Waals surface area contributed by atoms with Crippen LogP contribution in [0, 0.1) is 5.41 Å². The minimum Gasteiger partial charge on any atom is -0.286 e. The lowest BCUT2D eigenvalue weighted by molar-refractivity contribution is 0.128. The van der Waals surface area contributed by atoms with Gasteiger partial charge >= 0.3 is 7.82 Å². The molecule has 1 saturated heterocycles. The van der Waals surface area contributed by atoms with E-state index in [9.17, 15) is 4.57 Å². The van der Waals surface area contributed by atoms with Crippen LogP contribution in [0.4, 0.5) is 0 Å². The van der Waals surface area contributed by atoms with Crippen molar-refractivity contribution in [2.75, 3.05) is 6.61 Å². The van der Waals surface area contributed by atoms with Crippen molar-refractivity contribution in [3.8, 4) is 0 Å². The highest BCUT2D eigenvalue weighted by atomic mass is 31.2. The van der Waals surface area contributed by atoms with Crippen molar-refractivity contribution in [2.24, 2.45) is 5.41 Å². The molecular weight excluding hydrogens is 203 g/mol. The van der Waals surface area contributed by atoms with Crippen LogP contribution in [-0.4, -0.2) is 18.8 Å². The smallest absolute Gasteiger partial charge is 0.286 e. The summed E-state index contributed by atoms with van der Waals surface area (Å²) in [6.45, 7) is 10.0. The molecule has 0 radical (unpaired) electrons. The predicted octanol–water partition coefficient (Wildman–Crippen LogP) is 2.98. The first-order chi connectivity index (χ1) is 6.22. The van der Waals surface area contributed by atoms with Crippen LogP contribution < -0.4 is 0 Å². The molecule has 1 heterocycles. The molecule has 14 heavy (non-hydrogen) atoms. The molecule has 0 bridgehead atoms. The van der Waals surface area contributed by atoms with E-state index in [1.165, 1.54) is 0 Å². The summed E-state index contributed by atoms with van der Waals surface area (Å²) in [6.07, 6.45) is -0.332. The monoisotopic (exact) mass is 222 g/mol. The van der Waals surface area contributed by atoms with Gasteiger partial charge in [-0.25, -0.2) is 4.57 Å². The van der Waals surface area contributed by atoms with Crippen molar-refractivity contribution >= 4 is 7.82 Å². The maximum atomic E-state index is 11.8. The van der Waals surface area contributed by atoms with Gasteiger partial charge in [0.15, 0.2) is 0 Å². The minimum absolute atomic E-state index is 0.0425. The lowest BCUT2D eigenvalue weighted by Crippen LogP contribution is -2.13. The van der Waals surface area contributed by atoms with E-state index < -0.39 is 7.82 Å². The highest BCUT2D eigenvalue weighted by Crippen LogP contribution is 2.57. The number of phosphoric acid groups is 1. The molecule has 84 valence electrons. The molecule has 0 spiro atoms. The molecular formula is C9H19O4P. The van der Waals surface area contributed by atoms with Crippen molar-refractivity contribution in [3.05, 3.63) is 0 Å². The Hall–Kier alpha value is 0.110. The van der Waals surface area contributed by atoms with E-state index in [0.717, 1.165) is 0 Å². The molecule has 1 rings (SSSR count). The molecule has 0 aromatic heterocycles. The Kier molecular flexibility index (Phi) is 3.42. The van der Waals surface area contributed by atoms with Crippen LogP contribution >= 0.6 is 7.82 Å². The van der Waals surface area contributed by atoms with E-state index >= 15 is 0 Å². The van der Waals surface area contributed by atoms with Crippen LogP contribution in [0.2, 0.25) is 0 Å². The Balaban J connectivity index is 2.49.